The summed E-state index contributed by atoms with van der Waals surface area (Å²) >= 11 is 0. The molecule has 0 amide bonds. The number of rotatable bonds is 4. The highest BCUT2D eigenvalue weighted by atomic mass is 32.2. The van der Waals surface area contributed by atoms with Crippen LogP contribution in [0.2, 0.25) is 0 Å². The van der Waals surface area contributed by atoms with E-state index in [1.165, 1.54) is 35.8 Å². The lowest BCUT2D eigenvalue weighted by molar-refractivity contribution is -0.142. The summed E-state index contributed by atoms with van der Waals surface area (Å²) in [4.78, 5) is 27.2. The van der Waals surface area contributed by atoms with Gasteiger partial charge in [-0.2, -0.15) is 4.31 Å². The number of ether oxygens (including phenoxy) is 1. The number of benzene rings is 1. The number of carboxylic acids is 1. The number of carbonyl (C=O) groups excluding carboxylic acids is 1. The van der Waals surface area contributed by atoms with E-state index >= 15 is 0 Å². The van der Waals surface area contributed by atoms with Gasteiger partial charge in [-0.3, -0.25) is 4.79 Å². The molecule has 0 bridgehead atoms. The summed E-state index contributed by atoms with van der Waals surface area (Å²) in [5, 5.41) is 9.96. The minimum atomic E-state index is -3.92. The van der Waals surface area contributed by atoms with Gasteiger partial charge in [0.25, 0.3) is 0 Å². The van der Waals surface area contributed by atoms with Crippen LogP contribution in [0.1, 0.15) is 17.4 Å². The smallest absolute Gasteiger partial charge is 0.357 e. The monoisotopic (exact) mass is 378 g/mol. The van der Waals surface area contributed by atoms with E-state index in [1.54, 1.807) is 13.0 Å². The van der Waals surface area contributed by atoms with Crippen molar-refractivity contribution in [2.24, 2.45) is 11.8 Å². The maximum Gasteiger partial charge on any atom is 0.357 e. The first kappa shape index (κ1) is 18.3. The third-order valence-corrected chi connectivity index (χ3v) is 6.55. The maximum absolute atomic E-state index is 13.1. The van der Waals surface area contributed by atoms with E-state index in [9.17, 15) is 23.1 Å². The lowest BCUT2D eigenvalue weighted by Gasteiger charge is -2.18. The molecule has 1 aromatic carbocycles. The number of carboxylic acid groups (broad SMARTS) is 1. The number of hydrogen-bond donors (Lipinski definition) is 1. The van der Waals surface area contributed by atoms with E-state index in [2.05, 4.69) is 4.98 Å². The fourth-order valence-electron chi connectivity index (χ4n) is 3.24. The number of sulfonamides is 1. The van der Waals surface area contributed by atoms with Crippen LogP contribution in [0.4, 0.5) is 0 Å². The van der Waals surface area contributed by atoms with Crippen molar-refractivity contribution in [3.05, 3.63) is 36.2 Å². The lowest BCUT2D eigenvalue weighted by atomic mass is 9.99. The zero-order valence-electron chi connectivity index (χ0n) is 14.2. The van der Waals surface area contributed by atoms with Gasteiger partial charge in [0.2, 0.25) is 10.0 Å². The number of pyridine rings is 1. The SMILES string of the molecule is COC(=O)c1nccc2c(S(=O)(=O)N3C[C@@H](C)[C@H](C(=O)O)C3)cccc12. The molecule has 1 aliphatic heterocycles. The molecular weight excluding hydrogens is 360 g/mol. The minimum absolute atomic E-state index is 0.0146. The number of aromatic nitrogens is 1. The van der Waals surface area contributed by atoms with Crippen LogP contribution in [0.3, 0.4) is 0 Å². The topological polar surface area (TPSA) is 114 Å². The normalized spacial score (nSPS) is 21.0. The van der Waals surface area contributed by atoms with Crippen LogP contribution in [0, 0.1) is 11.8 Å². The first-order chi connectivity index (χ1) is 12.3. The predicted molar refractivity (Wildman–Crippen MR) is 92.1 cm³/mol. The lowest BCUT2D eigenvalue weighted by Crippen LogP contribution is -2.30. The fraction of sp³-hybridized carbons (Fsp3) is 0.353. The molecule has 138 valence electrons. The second-order valence-corrected chi connectivity index (χ2v) is 8.15. The molecule has 1 N–H and O–H groups in total. The molecule has 1 saturated heterocycles. The molecule has 0 saturated carbocycles. The highest BCUT2D eigenvalue weighted by molar-refractivity contribution is 7.89. The average Bonchev–Trinajstić information content (AvgIpc) is 3.02. The van der Waals surface area contributed by atoms with Gasteiger partial charge in [-0.1, -0.05) is 19.1 Å². The number of methoxy groups -OCH3 is 1. The number of esters is 1. The summed E-state index contributed by atoms with van der Waals surface area (Å²) in [5.41, 5.74) is 0.0280. The Morgan fingerprint density at radius 2 is 1.96 bits per heavy atom. The molecule has 1 fully saturated rings. The molecule has 1 aliphatic rings. The zero-order chi connectivity index (χ0) is 19.1. The van der Waals surface area contributed by atoms with Crippen LogP contribution in [-0.4, -0.2) is 55.0 Å². The molecule has 0 radical (unpaired) electrons. The van der Waals surface area contributed by atoms with Crippen molar-refractivity contribution in [1.29, 1.82) is 0 Å². The van der Waals surface area contributed by atoms with Crippen LogP contribution in [-0.2, 0) is 19.6 Å². The number of hydrogen-bond acceptors (Lipinski definition) is 6. The van der Waals surface area contributed by atoms with Gasteiger partial charge in [0.15, 0.2) is 5.69 Å². The van der Waals surface area contributed by atoms with E-state index in [-0.39, 0.29) is 29.6 Å². The van der Waals surface area contributed by atoms with E-state index in [0.29, 0.717) is 10.8 Å². The molecule has 2 heterocycles. The van der Waals surface area contributed by atoms with E-state index < -0.39 is 27.9 Å². The van der Waals surface area contributed by atoms with Crippen molar-refractivity contribution >= 4 is 32.7 Å². The first-order valence-corrected chi connectivity index (χ1v) is 9.40. The van der Waals surface area contributed by atoms with E-state index in [1.807, 2.05) is 0 Å². The van der Waals surface area contributed by atoms with Crippen molar-refractivity contribution in [1.82, 2.24) is 9.29 Å². The number of nitrogens with zero attached hydrogens (tertiary/aromatic N) is 2. The first-order valence-electron chi connectivity index (χ1n) is 7.96. The molecule has 0 spiro atoms. The molecule has 2 atom stereocenters. The Balaban J connectivity index is 2.11. The van der Waals surface area contributed by atoms with Crippen molar-refractivity contribution in [3.8, 4) is 0 Å². The molecule has 0 unspecified atom stereocenters. The Kier molecular flexibility index (Phi) is 4.68. The van der Waals surface area contributed by atoms with Crippen molar-refractivity contribution in [2.45, 2.75) is 11.8 Å². The van der Waals surface area contributed by atoms with Crippen LogP contribution in [0.25, 0.3) is 10.8 Å². The Bertz CT molecular complexity index is 988. The third-order valence-electron chi connectivity index (χ3n) is 4.66. The highest BCUT2D eigenvalue weighted by Gasteiger charge is 2.41. The van der Waals surface area contributed by atoms with Gasteiger partial charge in [0, 0.05) is 30.1 Å². The highest BCUT2D eigenvalue weighted by Crippen LogP contribution is 2.32. The standard InChI is InChI=1S/C17H18N2O6S/c1-10-8-19(9-13(10)16(20)21)26(23,24)14-5-3-4-12-11(14)6-7-18-15(12)17(22)25-2/h3-7,10,13H,8-9H2,1-2H3,(H,20,21)/t10-,13-/m1/s1. The summed E-state index contributed by atoms with van der Waals surface area (Å²) in [6, 6.07) is 6.08. The second-order valence-electron chi connectivity index (χ2n) is 6.25. The van der Waals surface area contributed by atoms with E-state index in [0.717, 1.165) is 0 Å². The van der Waals surface area contributed by atoms with Gasteiger partial charge >= 0.3 is 11.9 Å². The van der Waals surface area contributed by atoms with Crippen molar-refractivity contribution < 1.29 is 27.9 Å². The summed E-state index contributed by atoms with van der Waals surface area (Å²) in [5.74, 6) is -2.70. The molecular formula is C17H18N2O6S. The van der Waals surface area contributed by atoms with Crippen LogP contribution in [0.5, 0.6) is 0 Å². The van der Waals surface area contributed by atoms with E-state index in [4.69, 9.17) is 4.74 Å². The Morgan fingerprint density at radius 1 is 1.23 bits per heavy atom. The summed E-state index contributed by atoms with van der Waals surface area (Å²) < 4.78 is 32.1. The fourth-order valence-corrected chi connectivity index (χ4v) is 5.01. The van der Waals surface area contributed by atoms with Gasteiger partial charge in [0.1, 0.15) is 0 Å². The van der Waals surface area contributed by atoms with Gasteiger partial charge in [-0.25, -0.2) is 18.2 Å². The van der Waals surface area contributed by atoms with Gasteiger partial charge in [0.05, 0.1) is 17.9 Å². The Labute approximate surface area is 150 Å². The minimum Gasteiger partial charge on any atom is -0.481 e. The predicted octanol–water partition coefficient (Wildman–Crippen LogP) is 1.36. The van der Waals surface area contributed by atoms with Crippen LogP contribution >= 0.6 is 0 Å². The quantitative estimate of drug-likeness (QED) is 0.799. The maximum atomic E-state index is 13.1. The van der Waals surface area contributed by atoms with Crippen LogP contribution in [0.15, 0.2) is 35.4 Å². The largest absolute Gasteiger partial charge is 0.481 e. The van der Waals surface area contributed by atoms with Crippen molar-refractivity contribution in [3.63, 3.8) is 0 Å². The van der Waals surface area contributed by atoms with Gasteiger partial charge in [-0.15, -0.1) is 0 Å². The average molecular weight is 378 g/mol. The Hall–Kier alpha value is -2.52. The molecule has 3 rings (SSSR count). The third kappa shape index (κ3) is 2.93. The number of aliphatic carboxylic acids is 1. The molecule has 2 aromatic rings. The van der Waals surface area contributed by atoms with Crippen molar-refractivity contribution in [2.75, 3.05) is 20.2 Å². The number of carbonyl (C=O) groups is 2. The molecule has 1 aromatic heterocycles. The second kappa shape index (κ2) is 6.65. The molecule has 0 aliphatic carbocycles. The van der Waals surface area contributed by atoms with Gasteiger partial charge in [-0.05, 0) is 18.1 Å². The summed E-state index contributed by atoms with van der Waals surface area (Å²) in [7, 11) is -2.70. The number of fused-ring (bicyclic) bond motifs is 1. The zero-order valence-corrected chi connectivity index (χ0v) is 15.1. The molecule has 8 nitrogen and oxygen atoms in total. The molecule has 26 heavy (non-hydrogen) atoms. The van der Waals surface area contributed by atoms with Crippen LogP contribution < -0.4 is 0 Å². The Morgan fingerprint density at radius 3 is 2.58 bits per heavy atom. The summed E-state index contributed by atoms with van der Waals surface area (Å²) in [6.07, 6.45) is 1.35. The van der Waals surface area contributed by atoms with Gasteiger partial charge < -0.3 is 9.84 Å². The summed E-state index contributed by atoms with van der Waals surface area (Å²) in [6.45, 7) is 1.77. The molecule has 9 heteroatoms.